The van der Waals surface area contributed by atoms with Gasteiger partial charge in [0.2, 0.25) is 0 Å². The summed E-state index contributed by atoms with van der Waals surface area (Å²) in [6.07, 6.45) is 4.49. The molecule has 0 amide bonds. The first kappa shape index (κ1) is 13.7. The molecular weight excluding hydrogens is 236 g/mol. The SMILES string of the molecule is CCC(CO)NC(c1ccccc1)c1ccncc1. The van der Waals surface area contributed by atoms with Crippen LogP contribution in [-0.4, -0.2) is 22.7 Å². The lowest BCUT2D eigenvalue weighted by Gasteiger charge is -2.24. The molecule has 0 fully saturated rings. The molecule has 3 heteroatoms. The average Bonchev–Trinajstić information content (AvgIpc) is 2.50. The van der Waals surface area contributed by atoms with E-state index in [0.29, 0.717) is 0 Å². The summed E-state index contributed by atoms with van der Waals surface area (Å²) < 4.78 is 0. The molecule has 0 saturated heterocycles. The minimum absolute atomic E-state index is 0.0845. The predicted octanol–water partition coefficient (Wildman–Crippen LogP) is 2.53. The van der Waals surface area contributed by atoms with E-state index in [4.69, 9.17) is 0 Å². The molecule has 1 heterocycles. The molecule has 0 radical (unpaired) electrons. The number of hydrogen-bond donors (Lipinski definition) is 2. The summed E-state index contributed by atoms with van der Waals surface area (Å²) in [5.74, 6) is 0. The monoisotopic (exact) mass is 256 g/mol. The Morgan fingerprint density at radius 1 is 1.05 bits per heavy atom. The van der Waals surface area contributed by atoms with Gasteiger partial charge in [-0.3, -0.25) is 4.98 Å². The van der Waals surface area contributed by atoms with Crippen LogP contribution in [0.3, 0.4) is 0 Å². The second-order valence-electron chi connectivity index (χ2n) is 4.58. The molecule has 0 saturated carbocycles. The molecule has 2 rings (SSSR count). The summed E-state index contributed by atoms with van der Waals surface area (Å²) >= 11 is 0. The molecule has 1 aromatic heterocycles. The smallest absolute Gasteiger partial charge is 0.0584 e. The summed E-state index contributed by atoms with van der Waals surface area (Å²) in [7, 11) is 0. The number of aliphatic hydroxyl groups excluding tert-OH is 1. The first-order valence-electron chi connectivity index (χ1n) is 6.67. The number of rotatable bonds is 6. The van der Waals surface area contributed by atoms with E-state index in [1.807, 2.05) is 30.3 Å². The maximum Gasteiger partial charge on any atom is 0.0584 e. The second kappa shape index (κ2) is 7.02. The van der Waals surface area contributed by atoms with Crippen molar-refractivity contribution in [3.8, 4) is 0 Å². The number of hydrogen-bond acceptors (Lipinski definition) is 3. The Kier molecular flexibility index (Phi) is 5.07. The standard InChI is InChI=1S/C16H20N2O/c1-2-15(12-19)18-16(13-6-4-3-5-7-13)14-8-10-17-11-9-14/h3-11,15-16,18-19H,2,12H2,1H3. The largest absolute Gasteiger partial charge is 0.395 e. The molecule has 1 aromatic carbocycles. The maximum atomic E-state index is 9.39. The van der Waals surface area contributed by atoms with Crippen molar-refractivity contribution in [1.82, 2.24) is 10.3 Å². The fraction of sp³-hybridized carbons (Fsp3) is 0.312. The van der Waals surface area contributed by atoms with Crippen molar-refractivity contribution < 1.29 is 5.11 Å². The van der Waals surface area contributed by atoms with E-state index >= 15 is 0 Å². The van der Waals surface area contributed by atoms with Gasteiger partial charge < -0.3 is 10.4 Å². The molecule has 0 spiro atoms. The third-order valence-electron chi connectivity index (χ3n) is 3.29. The van der Waals surface area contributed by atoms with E-state index in [1.165, 1.54) is 5.56 Å². The first-order chi connectivity index (χ1) is 9.35. The van der Waals surface area contributed by atoms with Gasteiger partial charge in [0.25, 0.3) is 0 Å². The summed E-state index contributed by atoms with van der Waals surface area (Å²) in [5, 5.41) is 12.9. The highest BCUT2D eigenvalue weighted by Gasteiger charge is 2.17. The van der Waals surface area contributed by atoms with Gasteiger partial charge in [0.15, 0.2) is 0 Å². The van der Waals surface area contributed by atoms with Crippen LogP contribution >= 0.6 is 0 Å². The van der Waals surface area contributed by atoms with Crippen molar-refractivity contribution in [3.05, 3.63) is 66.0 Å². The van der Waals surface area contributed by atoms with Gasteiger partial charge in [-0.1, -0.05) is 37.3 Å². The molecule has 2 atom stereocenters. The summed E-state index contributed by atoms with van der Waals surface area (Å²) in [5.41, 5.74) is 2.36. The molecule has 2 aromatic rings. The highest BCUT2D eigenvalue weighted by Crippen LogP contribution is 2.22. The normalized spacial score (nSPS) is 14.0. The van der Waals surface area contributed by atoms with Crippen LogP contribution in [0.15, 0.2) is 54.9 Å². The predicted molar refractivity (Wildman–Crippen MR) is 76.8 cm³/mol. The minimum Gasteiger partial charge on any atom is -0.395 e. The Bertz CT molecular complexity index is 429. The van der Waals surface area contributed by atoms with E-state index in [9.17, 15) is 5.11 Å². The number of aliphatic hydroxyl groups is 1. The van der Waals surface area contributed by atoms with Crippen molar-refractivity contribution in [2.45, 2.75) is 25.4 Å². The third-order valence-corrected chi connectivity index (χ3v) is 3.29. The van der Waals surface area contributed by atoms with Gasteiger partial charge in [-0.2, -0.15) is 0 Å². The zero-order valence-corrected chi connectivity index (χ0v) is 11.2. The molecule has 100 valence electrons. The quantitative estimate of drug-likeness (QED) is 0.835. The number of nitrogens with one attached hydrogen (secondary N) is 1. The van der Waals surface area contributed by atoms with Gasteiger partial charge in [0.05, 0.1) is 12.6 Å². The Morgan fingerprint density at radius 2 is 1.68 bits per heavy atom. The Hall–Kier alpha value is -1.71. The van der Waals surface area contributed by atoms with Gasteiger partial charge >= 0.3 is 0 Å². The van der Waals surface area contributed by atoms with Gasteiger partial charge in [-0.05, 0) is 29.7 Å². The van der Waals surface area contributed by atoms with Crippen LogP contribution in [0.2, 0.25) is 0 Å². The Morgan fingerprint density at radius 3 is 2.26 bits per heavy atom. The lowest BCUT2D eigenvalue weighted by molar-refractivity contribution is 0.232. The van der Waals surface area contributed by atoms with Crippen molar-refractivity contribution >= 4 is 0 Å². The summed E-state index contributed by atoms with van der Waals surface area (Å²) in [4.78, 5) is 4.06. The topological polar surface area (TPSA) is 45.1 Å². The van der Waals surface area contributed by atoms with Crippen LogP contribution in [0.25, 0.3) is 0 Å². The van der Waals surface area contributed by atoms with Crippen LogP contribution in [0, 0.1) is 0 Å². The lowest BCUT2D eigenvalue weighted by Crippen LogP contribution is -2.35. The number of pyridine rings is 1. The number of nitrogens with zero attached hydrogens (tertiary/aromatic N) is 1. The molecule has 0 aliphatic heterocycles. The molecule has 0 bridgehead atoms. The third kappa shape index (κ3) is 3.63. The fourth-order valence-corrected chi connectivity index (χ4v) is 2.12. The Labute approximate surface area is 114 Å². The van der Waals surface area contributed by atoms with Crippen LogP contribution in [0.1, 0.15) is 30.5 Å². The average molecular weight is 256 g/mol. The van der Waals surface area contributed by atoms with E-state index in [2.05, 4.69) is 29.4 Å². The highest BCUT2D eigenvalue weighted by atomic mass is 16.3. The van der Waals surface area contributed by atoms with Crippen LogP contribution in [-0.2, 0) is 0 Å². The zero-order valence-electron chi connectivity index (χ0n) is 11.2. The van der Waals surface area contributed by atoms with Gasteiger partial charge in [-0.15, -0.1) is 0 Å². The summed E-state index contributed by atoms with van der Waals surface area (Å²) in [6, 6.07) is 14.5. The van der Waals surface area contributed by atoms with Crippen molar-refractivity contribution in [2.24, 2.45) is 0 Å². The van der Waals surface area contributed by atoms with Crippen molar-refractivity contribution in [3.63, 3.8) is 0 Å². The molecule has 0 aliphatic carbocycles. The molecule has 2 unspecified atom stereocenters. The lowest BCUT2D eigenvalue weighted by atomic mass is 9.98. The van der Waals surface area contributed by atoms with Crippen LogP contribution in [0.4, 0.5) is 0 Å². The van der Waals surface area contributed by atoms with E-state index in [0.717, 1.165) is 12.0 Å². The first-order valence-corrected chi connectivity index (χ1v) is 6.67. The fourth-order valence-electron chi connectivity index (χ4n) is 2.12. The summed E-state index contributed by atoms with van der Waals surface area (Å²) in [6.45, 7) is 2.22. The second-order valence-corrected chi connectivity index (χ2v) is 4.58. The van der Waals surface area contributed by atoms with Crippen LogP contribution < -0.4 is 5.32 Å². The van der Waals surface area contributed by atoms with Crippen molar-refractivity contribution in [2.75, 3.05) is 6.61 Å². The molecular formula is C16H20N2O. The van der Waals surface area contributed by atoms with Gasteiger partial charge in [0.1, 0.15) is 0 Å². The highest BCUT2D eigenvalue weighted by molar-refractivity contribution is 5.30. The Balaban J connectivity index is 2.29. The molecule has 3 nitrogen and oxygen atoms in total. The van der Waals surface area contributed by atoms with Crippen LogP contribution in [0.5, 0.6) is 0 Å². The molecule has 2 N–H and O–H groups in total. The van der Waals surface area contributed by atoms with Gasteiger partial charge in [0, 0.05) is 18.4 Å². The van der Waals surface area contributed by atoms with E-state index in [-0.39, 0.29) is 18.7 Å². The zero-order chi connectivity index (χ0) is 13.5. The van der Waals surface area contributed by atoms with Gasteiger partial charge in [-0.25, -0.2) is 0 Å². The van der Waals surface area contributed by atoms with E-state index < -0.39 is 0 Å². The van der Waals surface area contributed by atoms with Crippen molar-refractivity contribution in [1.29, 1.82) is 0 Å². The maximum absolute atomic E-state index is 9.39. The number of benzene rings is 1. The van der Waals surface area contributed by atoms with E-state index in [1.54, 1.807) is 12.4 Å². The number of aromatic nitrogens is 1. The molecule has 19 heavy (non-hydrogen) atoms. The molecule has 0 aliphatic rings. The minimum atomic E-state index is 0.0845.